The fourth-order valence-electron chi connectivity index (χ4n) is 2.08. The molecule has 0 bridgehead atoms. The number of halogens is 2. The minimum Gasteiger partial charge on any atom is -0.258 e. The monoisotopic (exact) mass is 371 g/mol. The highest BCUT2D eigenvalue weighted by Gasteiger charge is 2.27. The van der Waals surface area contributed by atoms with E-state index in [-0.39, 0.29) is 16.8 Å². The smallest absolute Gasteiger partial charge is 0.258 e. The normalized spacial score (nSPS) is 11.1. The van der Waals surface area contributed by atoms with Crippen molar-refractivity contribution in [3.05, 3.63) is 55.3 Å². The summed E-state index contributed by atoms with van der Waals surface area (Å²) in [5.74, 6) is 0.270. The molecule has 0 spiro atoms. The van der Waals surface area contributed by atoms with E-state index in [0.717, 1.165) is 10.0 Å². The van der Waals surface area contributed by atoms with Gasteiger partial charge in [-0.1, -0.05) is 59.6 Å². The zero-order valence-electron chi connectivity index (χ0n) is 11.7. The van der Waals surface area contributed by atoms with Gasteiger partial charge in [0.25, 0.3) is 0 Å². The van der Waals surface area contributed by atoms with Crippen LogP contribution in [0.2, 0.25) is 5.15 Å². The summed E-state index contributed by atoms with van der Waals surface area (Å²) in [6.45, 7) is 4.37. The first-order valence-corrected chi connectivity index (χ1v) is 7.70. The average molecular weight is 373 g/mol. The van der Waals surface area contributed by atoms with E-state index in [0.29, 0.717) is 18.7 Å². The van der Waals surface area contributed by atoms with Gasteiger partial charge in [0.1, 0.15) is 5.69 Å². The van der Waals surface area contributed by atoms with Crippen LogP contribution in [0.1, 0.15) is 25.1 Å². The van der Waals surface area contributed by atoms with Crippen LogP contribution < -0.4 is 0 Å². The van der Waals surface area contributed by atoms with E-state index in [1.54, 1.807) is 0 Å². The van der Waals surface area contributed by atoms with Crippen molar-refractivity contribution in [2.24, 2.45) is 5.92 Å². The Kier molecular flexibility index (Phi) is 5.00. The molecule has 0 N–H and O–H groups in total. The van der Waals surface area contributed by atoms with E-state index in [1.165, 1.54) is 4.68 Å². The molecule has 2 aromatic rings. The number of hydrogen-bond donors (Lipinski definition) is 0. The molecule has 0 aliphatic rings. The fourth-order valence-corrected chi connectivity index (χ4v) is 2.76. The second-order valence-corrected chi connectivity index (χ2v) is 6.40. The molecule has 1 heterocycles. The van der Waals surface area contributed by atoms with Gasteiger partial charge in [0.15, 0.2) is 0 Å². The number of benzene rings is 1. The Bertz CT molecular complexity index is 670. The lowest BCUT2D eigenvalue weighted by atomic mass is 10.1. The lowest BCUT2D eigenvalue weighted by molar-refractivity contribution is -0.385. The van der Waals surface area contributed by atoms with Crippen molar-refractivity contribution in [1.82, 2.24) is 9.78 Å². The lowest BCUT2D eigenvalue weighted by Crippen LogP contribution is -2.04. The Morgan fingerprint density at radius 1 is 1.43 bits per heavy atom. The van der Waals surface area contributed by atoms with Crippen LogP contribution in [0.5, 0.6) is 0 Å². The molecule has 0 fully saturated rings. The molecule has 0 amide bonds. The van der Waals surface area contributed by atoms with Crippen LogP contribution in [0.25, 0.3) is 0 Å². The third-order valence-corrected chi connectivity index (χ3v) is 4.15. The number of hydrogen-bond acceptors (Lipinski definition) is 3. The van der Waals surface area contributed by atoms with E-state index >= 15 is 0 Å². The standard InChI is InChI=1S/C14H15BrClN3O2/c1-9(2)7-12-13(19(20)21)14(16)18(17-12)8-10-5-3-4-6-11(10)15/h3-6,9H,7-8H2,1-2H3. The lowest BCUT2D eigenvalue weighted by Gasteiger charge is -2.05. The molecule has 0 saturated carbocycles. The first kappa shape index (κ1) is 16.0. The summed E-state index contributed by atoms with van der Waals surface area (Å²) < 4.78 is 2.40. The molecule has 0 aliphatic heterocycles. The minimum absolute atomic E-state index is 0.0754. The van der Waals surface area contributed by atoms with Crippen LogP contribution in [0, 0.1) is 16.0 Å². The van der Waals surface area contributed by atoms with Gasteiger partial charge in [0, 0.05) is 10.9 Å². The van der Waals surface area contributed by atoms with Crippen molar-refractivity contribution in [1.29, 1.82) is 0 Å². The number of nitrogens with zero attached hydrogens (tertiary/aromatic N) is 3. The van der Waals surface area contributed by atoms with Crippen LogP contribution in [0.4, 0.5) is 5.69 Å². The maximum absolute atomic E-state index is 11.2. The summed E-state index contributed by atoms with van der Waals surface area (Å²) in [5, 5.41) is 15.6. The van der Waals surface area contributed by atoms with E-state index in [4.69, 9.17) is 11.6 Å². The van der Waals surface area contributed by atoms with Crippen molar-refractivity contribution < 1.29 is 4.92 Å². The second kappa shape index (κ2) is 6.58. The van der Waals surface area contributed by atoms with E-state index < -0.39 is 4.92 Å². The van der Waals surface area contributed by atoms with Crippen LogP contribution in [-0.4, -0.2) is 14.7 Å². The summed E-state index contributed by atoms with van der Waals surface area (Å²) in [5.41, 5.74) is 1.32. The molecule has 5 nitrogen and oxygen atoms in total. The van der Waals surface area contributed by atoms with Gasteiger partial charge in [-0.15, -0.1) is 0 Å². The van der Waals surface area contributed by atoms with Crippen molar-refractivity contribution in [3.63, 3.8) is 0 Å². The summed E-state index contributed by atoms with van der Waals surface area (Å²) in [6.07, 6.45) is 0.527. The molecular weight excluding hydrogens is 358 g/mol. The molecule has 1 aromatic heterocycles. The molecule has 0 radical (unpaired) electrons. The van der Waals surface area contributed by atoms with Crippen molar-refractivity contribution in [2.45, 2.75) is 26.8 Å². The average Bonchev–Trinajstić information content (AvgIpc) is 2.68. The fraction of sp³-hybridized carbons (Fsp3) is 0.357. The molecule has 0 saturated heterocycles. The second-order valence-electron chi connectivity index (χ2n) is 5.19. The van der Waals surface area contributed by atoms with Gasteiger partial charge in [-0.05, 0) is 17.5 Å². The third kappa shape index (κ3) is 3.63. The molecule has 0 atom stereocenters. The van der Waals surface area contributed by atoms with Gasteiger partial charge >= 0.3 is 5.69 Å². The Balaban J connectivity index is 2.41. The molecule has 2 rings (SSSR count). The Morgan fingerprint density at radius 2 is 2.10 bits per heavy atom. The topological polar surface area (TPSA) is 61.0 Å². The zero-order valence-corrected chi connectivity index (χ0v) is 14.1. The van der Waals surface area contributed by atoms with Crippen LogP contribution >= 0.6 is 27.5 Å². The maximum atomic E-state index is 11.2. The van der Waals surface area contributed by atoms with Gasteiger partial charge in [-0.2, -0.15) is 5.10 Å². The van der Waals surface area contributed by atoms with Crippen LogP contribution in [0.15, 0.2) is 28.7 Å². The molecular formula is C14H15BrClN3O2. The zero-order chi connectivity index (χ0) is 15.6. The van der Waals surface area contributed by atoms with E-state index in [2.05, 4.69) is 21.0 Å². The minimum atomic E-state index is -0.455. The van der Waals surface area contributed by atoms with Gasteiger partial charge < -0.3 is 0 Å². The Morgan fingerprint density at radius 3 is 2.67 bits per heavy atom. The van der Waals surface area contributed by atoms with Crippen molar-refractivity contribution in [3.8, 4) is 0 Å². The summed E-state index contributed by atoms with van der Waals surface area (Å²) in [6, 6.07) is 7.65. The summed E-state index contributed by atoms with van der Waals surface area (Å²) >= 11 is 9.61. The van der Waals surface area contributed by atoms with Gasteiger partial charge in [-0.3, -0.25) is 10.1 Å². The largest absolute Gasteiger partial charge is 0.329 e. The summed E-state index contributed by atoms with van der Waals surface area (Å²) in [7, 11) is 0. The van der Waals surface area contributed by atoms with Gasteiger partial charge in [-0.25, -0.2) is 4.68 Å². The molecule has 0 aliphatic carbocycles. The van der Waals surface area contributed by atoms with E-state index in [9.17, 15) is 10.1 Å². The highest BCUT2D eigenvalue weighted by Crippen LogP contribution is 2.31. The number of aromatic nitrogens is 2. The number of rotatable bonds is 5. The molecule has 0 unspecified atom stereocenters. The van der Waals surface area contributed by atoms with Gasteiger partial charge in [0.2, 0.25) is 5.15 Å². The van der Waals surface area contributed by atoms with Crippen LogP contribution in [-0.2, 0) is 13.0 Å². The SMILES string of the molecule is CC(C)Cc1nn(Cc2ccccc2Br)c(Cl)c1[N+](=O)[O-]. The van der Waals surface area contributed by atoms with Gasteiger partial charge in [0.05, 0.1) is 11.5 Å². The molecule has 112 valence electrons. The maximum Gasteiger partial charge on any atom is 0.329 e. The third-order valence-electron chi connectivity index (χ3n) is 3.00. The molecule has 21 heavy (non-hydrogen) atoms. The Labute approximate surface area is 136 Å². The Hall–Kier alpha value is -1.40. The van der Waals surface area contributed by atoms with E-state index in [1.807, 2.05) is 38.1 Å². The highest BCUT2D eigenvalue weighted by atomic mass is 79.9. The number of nitro groups is 1. The van der Waals surface area contributed by atoms with Crippen LogP contribution in [0.3, 0.4) is 0 Å². The quantitative estimate of drug-likeness (QED) is 0.575. The predicted molar refractivity (Wildman–Crippen MR) is 85.7 cm³/mol. The predicted octanol–water partition coefficient (Wildman–Crippen LogP) is 4.45. The van der Waals surface area contributed by atoms with Crippen molar-refractivity contribution >= 4 is 33.2 Å². The molecule has 1 aromatic carbocycles. The highest BCUT2D eigenvalue weighted by molar-refractivity contribution is 9.10. The first-order chi connectivity index (χ1) is 9.90. The summed E-state index contributed by atoms with van der Waals surface area (Å²) in [4.78, 5) is 10.8. The first-order valence-electron chi connectivity index (χ1n) is 6.53. The van der Waals surface area contributed by atoms with Crippen molar-refractivity contribution in [2.75, 3.05) is 0 Å². The molecule has 7 heteroatoms.